The van der Waals surface area contributed by atoms with Gasteiger partial charge in [-0.25, -0.2) is 0 Å². The zero-order valence-corrected chi connectivity index (χ0v) is 11.3. The van der Waals surface area contributed by atoms with Crippen LogP contribution < -0.4 is 10.1 Å². The molecule has 1 heterocycles. The van der Waals surface area contributed by atoms with Crippen LogP contribution in [0.3, 0.4) is 0 Å². The smallest absolute Gasteiger partial charge is 0.399 e. The van der Waals surface area contributed by atoms with Crippen LogP contribution in [0.25, 0.3) is 0 Å². The molecule has 0 radical (unpaired) electrons. The molecule has 3 rings (SSSR count). The first kappa shape index (κ1) is 11.7. The van der Waals surface area contributed by atoms with Crippen molar-refractivity contribution in [3.63, 3.8) is 0 Å². The highest BCUT2D eigenvalue weighted by atomic mass is 79.9. The lowest BCUT2D eigenvalue weighted by Crippen LogP contribution is -2.15. The van der Waals surface area contributed by atoms with Crippen molar-refractivity contribution in [2.24, 2.45) is 0 Å². The van der Waals surface area contributed by atoms with Crippen LogP contribution in [0.1, 0.15) is 18.5 Å². The van der Waals surface area contributed by atoms with Gasteiger partial charge >= 0.3 is 6.08 Å². The molecule has 5 heteroatoms. The Labute approximate surface area is 113 Å². The summed E-state index contributed by atoms with van der Waals surface area (Å²) < 4.78 is 11.8. The molecule has 1 aromatic carbocycles. The Morgan fingerprint density at radius 3 is 3.11 bits per heavy atom. The van der Waals surface area contributed by atoms with E-state index < -0.39 is 0 Å². The summed E-state index contributed by atoms with van der Waals surface area (Å²) in [6.07, 6.45) is 4.43. The van der Waals surface area contributed by atoms with Gasteiger partial charge in [-0.3, -0.25) is 0 Å². The first-order valence-corrected chi connectivity index (χ1v) is 6.70. The second kappa shape index (κ2) is 5.12. The number of halogens is 1. The number of nitrogens with one attached hydrogen (secondary N) is 1. The Morgan fingerprint density at radius 1 is 1.44 bits per heavy atom. The highest BCUT2D eigenvalue weighted by Crippen LogP contribution is 2.24. The number of nitrogens with zero attached hydrogens (tertiary/aromatic N) is 1. The summed E-state index contributed by atoms with van der Waals surface area (Å²) in [6.45, 7) is 0.732. The van der Waals surface area contributed by atoms with Gasteiger partial charge in [0.25, 0.3) is 0 Å². The summed E-state index contributed by atoms with van der Waals surface area (Å²) in [5.41, 5.74) is 0.867. The number of hydrogen-bond acceptors (Lipinski definition) is 4. The van der Waals surface area contributed by atoms with Gasteiger partial charge in [0, 0.05) is 17.1 Å². The van der Waals surface area contributed by atoms with Crippen molar-refractivity contribution >= 4 is 15.9 Å². The lowest BCUT2D eigenvalue weighted by molar-refractivity contribution is 0.330. The minimum absolute atomic E-state index is 0.278. The highest BCUT2D eigenvalue weighted by molar-refractivity contribution is 9.10. The monoisotopic (exact) mass is 308 g/mol. The quantitative estimate of drug-likeness (QED) is 0.918. The molecule has 0 atom stereocenters. The standard InChI is InChI=1S/C13H13BrN2O2/c14-9-2-1-3-12(6-9)18-13-16-11(8-17-13)7-15-10-4-5-10/h1-3,6,8,10,15H,4-5,7H2. The number of benzene rings is 1. The molecule has 0 amide bonds. The van der Waals surface area contributed by atoms with Crippen LogP contribution in [0.4, 0.5) is 0 Å². The summed E-state index contributed by atoms with van der Waals surface area (Å²) in [7, 11) is 0. The fourth-order valence-corrected chi connectivity index (χ4v) is 1.96. The topological polar surface area (TPSA) is 47.3 Å². The van der Waals surface area contributed by atoms with E-state index in [9.17, 15) is 0 Å². The van der Waals surface area contributed by atoms with Crippen molar-refractivity contribution in [3.8, 4) is 11.8 Å². The van der Waals surface area contributed by atoms with Crippen LogP contribution in [0, 0.1) is 0 Å². The van der Waals surface area contributed by atoms with E-state index >= 15 is 0 Å². The Balaban J connectivity index is 1.61. The Morgan fingerprint density at radius 2 is 2.33 bits per heavy atom. The molecule has 1 N–H and O–H groups in total. The van der Waals surface area contributed by atoms with Crippen molar-refractivity contribution in [1.82, 2.24) is 10.3 Å². The third kappa shape index (κ3) is 3.11. The van der Waals surface area contributed by atoms with Crippen LogP contribution in [-0.4, -0.2) is 11.0 Å². The summed E-state index contributed by atoms with van der Waals surface area (Å²) in [5, 5.41) is 3.37. The Bertz CT molecular complexity index is 537. The molecular formula is C13H13BrN2O2. The van der Waals surface area contributed by atoms with E-state index in [1.54, 1.807) is 6.26 Å². The van der Waals surface area contributed by atoms with Crippen molar-refractivity contribution in [2.75, 3.05) is 0 Å². The second-order valence-corrected chi connectivity index (χ2v) is 5.24. The lowest BCUT2D eigenvalue weighted by Gasteiger charge is -2.00. The average Bonchev–Trinajstić information content (AvgIpc) is 3.08. The summed E-state index contributed by atoms with van der Waals surface area (Å²) >= 11 is 3.39. The molecule has 0 unspecified atom stereocenters. The van der Waals surface area contributed by atoms with Gasteiger partial charge in [0.05, 0.1) is 5.69 Å². The zero-order chi connectivity index (χ0) is 12.4. The van der Waals surface area contributed by atoms with Crippen LogP contribution in [-0.2, 0) is 6.54 Å². The fraction of sp³-hybridized carbons (Fsp3) is 0.308. The zero-order valence-electron chi connectivity index (χ0n) is 9.73. The summed E-state index contributed by atoms with van der Waals surface area (Å²) in [5.74, 6) is 0.702. The molecule has 0 aliphatic heterocycles. The van der Waals surface area contributed by atoms with E-state index in [2.05, 4.69) is 26.2 Å². The van der Waals surface area contributed by atoms with Gasteiger partial charge in [-0.1, -0.05) is 22.0 Å². The van der Waals surface area contributed by atoms with Gasteiger partial charge < -0.3 is 14.5 Å². The molecule has 94 valence electrons. The predicted molar refractivity (Wildman–Crippen MR) is 70.6 cm³/mol. The maximum atomic E-state index is 5.53. The molecule has 1 fully saturated rings. The molecule has 1 aliphatic rings. The molecule has 1 aliphatic carbocycles. The molecule has 18 heavy (non-hydrogen) atoms. The first-order valence-electron chi connectivity index (χ1n) is 5.91. The molecule has 4 nitrogen and oxygen atoms in total. The van der Waals surface area contributed by atoms with Crippen molar-refractivity contribution in [1.29, 1.82) is 0 Å². The molecule has 1 aromatic heterocycles. The van der Waals surface area contributed by atoms with Gasteiger partial charge in [-0.2, -0.15) is 4.98 Å². The van der Waals surface area contributed by atoms with E-state index in [0.29, 0.717) is 11.8 Å². The Kier molecular flexibility index (Phi) is 3.34. The largest absolute Gasteiger partial charge is 0.417 e. The molecule has 1 saturated carbocycles. The number of aromatic nitrogens is 1. The van der Waals surface area contributed by atoms with E-state index in [1.807, 2.05) is 24.3 Å². The number of rotatable bonds is 5. The van der Waals surface area contributed by atoms with E-state index in [-0.39, 0.29) is 6.08 Å². The summed E-state index contributed by atoms with van der Waals surface area (Å²) in [4.78, 5) is 4.27. The van der Waals surface area contributed by atoms with E-state index in [1.165, 1.54) is 12.8 Å². The van der Waals surface area contributed by atoms with Crippen LogP contribution >= 0.6 is 15.9 Å². The normalized spacial score (nSPS) is 14.7. The first-order chi connectivity index (χ1) is 8.79. The maximum Gasteiger partial charge on any atom is 0.399 e. The highest BCUT2D eigenvalue weighted by Gasteiger charge is 2.20. The van der Waals surface area contributed by atoms with Crippen LogP contribution in [0.2, 0.25) is 0 Å². The third-order valence-electron chi connectivity index (χ3n) is 2.68. The van der Waals surface area contributed by atoms with Crippen LogP contribution in [0.15, 0.2) is 39.4 Å². The minimum Gasteiger partial charge on any atom is -0.417 e. The molecule has 0 bridgehead atoms. The van der Waals surface area contributed by atoms with Gasteiger partial charge in [-0.15, -0.1) is 0 Å². The fourth-order valence-electron chi connectivity index (χ4n) is 1.58. The predicted octanol–water partition coefficient (Wildman–Crippen LogP) is 3.48. The van der Waals surface area contributed by atoms with Crippen molar-refractivity contribution in [3.05, 3.63) is 40.7 Å². The van der Waals surface area contributed by atoms with E-state index in [4.69, 9.17) is 9.15 Å². The second-order valence-electron chi connectivity index (χ2n) is 4.32. The van der Waals surface area contributed by atoms with Gasteiger partial charge in [0.2, 0.25) is 0 Å². The number of oxazole rings is 1. The third-order valence-corrected chi connectivity index (χ3v) is 3.17. The number of ether oxygens (including phenoxy) is 1. The van der Waals surface area contributed by atoms with E-state index in [0.717, 1.165) is 16.7 Å². The Hall–Kier alpha value is -1.33. The summed E-state index contributed by atoms with van der Waals surface area (Å²) in [6, 6.07) is 8.23. The van der Waals surface area contributed by atoms with Gasteiger partial charge in [0.15, 0.2) is 0 Å². The minimum atomic E-state index is 0.278. The molecule has 2 aromatic rings. The number of hydrogen-bond donors (Lipinski definition) is 1. The molecule has 0 spiro atoms. The van der Waals surface area contributed by atoms with Crippen LogP contribution in [0.5, 0.6) is 11.8 Å². The molecular weight excluding hydrogens is 296 g/mol. The van der Waals surface area contributed by atoms with Gasteiger partial charge in [0.1, 0.15) is 12.0 Å². The average molecular weight is 309 g/mol. The maximum absolute atomic E-state index is 5.53. The van der Waals surface area contributed by atoms with Crippen molar-refractivity contribution < 1.29 is 9.15 Å². The lowest BCUT2D eigenvalue weighted by atomic mass is 10.3. The van der Waals surface area contributed by atoms with Gasteiger partial charge in [-0.05, 0) is 31.0 Å². The molecule has 0 saturated heterocycles. The SMILES string of the molecule is Brc1cccc(Oc2nc(CNC3CC3)co2)c1. The van der Waals surface area contributed by atoms with Crippen molar-refractivity contribution in [2.45, 2.75) is 25.4 Å².